The van der Waals surface area contributed by atoms with Gasteiger partial charge in [-0.2, -0.15) is 0 Å². The number of ether oxygens (including phenoxy) is 1. The van der Waals surface area contributed by atoms with Crippen molar-refractivity contribution in [2.24, 2.45) is 11.7 Å². The number of esters is 1. The molecule has 190 valence electrons. The molecule has 2 atom stereocenters. The fourth-order valence-electron chi connectivity index (χ4n) is 3.85. The Kier molecular flexibility index (Phi) is 9.41. The molecule has 3 amide bonds. The summed E-state index contributed by atoms with van der Waals surface area (Å²) in [5, 5.41) is 15.2. The molecule has 4 N–H and O–H groups in total. The number of rotatable bonds is 11. The molecule has 3 rings (SSSR count). The summed E-state index contributed by atoms with van der Waals surface area (Å²) in [5.74, 6) is -1.46. The van der Waals surface area contributed by atoms with Crippen LogP contribution in [0.4, 0.5) is 4.79 Å². The third-order valence-electron chi connectivity index (χ3n) is 5.66. The molecule has 0 saturated heterocycles. The molecule has 0 heterocycles. The Balaban J connectivity index is 1.64. The number of carbonyl (C=O) groups is 3. The third-order valence-corrected chi connectivity index (χ3v) is 5.66. The molecule has 0 aromatic heterocycles. The number of aliphatic hydroxyl groups excluding tert-OH is 1. The number of carbonyl (C=O) groups excluding carboxylic acids is 3. The first-order valence-corrected chi connectivity index (χ1v) is 11.9. The van der Waals surface area contributed by atoms with E-state index in [1.54, 1.807) is 12.1 Å². The number of aliphatic hydroxyl groups is 1. The van der Waals surface area contributed by atoms with Crippen LogP contribution in [0.25, 0.3) is 10.8 Å². The van der Waals surface area contributed by atoms with Gasteiger partial charge >= 0.3 is 12.0 Å². The third kappa shape index (κ3) is 7.81. The number of primary amides is 1. The Bertz CT molecular complexity index is 1180. The summed E-state index contributed by atoms with van der Waals surface area (Å²) >= 11 is 0. The van der Waals surface area contributed by atoms with E-state index in [1.165, 1.54) is 4.90 Å². The van der Waals surface area contributed by atoms with Crippen molar-refractivity contribution in [2.45, 2.75) is 39.0 Å². The summed E-state index contributed by atoms with van der Waals surface area (Å²) in [7, 11) is 0. The van der Waals surface area contributed by atoms with Crippen molar-refractivity contribution in [3.8, 4) is 0 Å². The van der Waals surface area contributed by atoms with Crippen LogP contribution >= 0.6 is 0 Å². The Morgan fingerprint density at radius 1 is 0.917 bits per heavy atom. The van der Waals surface area contributed by atoms with Crippen LogP contribution in [0.1, 0.15) is 25.0 Å². The van der Waals surface area contributed by atoms with E-state index in [0.29, 0.717) is 0 Å². The average Bonchev–Trinajstić information content (AvgIpc) is 2.86. The van der Waals surface area contributed by atoms with Crippen LogP contribution in [0.15, 0.2) is 72.8 Å². The maximum absolute atomic E-state index is 13.1. The van der Waals surface area contributed by atoms with Gasteiger partial charge in [0.2, 0.25) is 5.91 Å². The second-order valence-corrected chi connectivity index (χ2v) is 9.20. The smallest absolute Gasteiger partial charge is 0.337 e. The number of hydrogen-bond donors (Lipinski definition) is 3. The lowest BCUT2D eigenvalue weighted by atomic mass is 10.0. The Morgan fingerprint density at radius 2 is 1.58 bits per heavy atom. The van der Waals surface area contributed by atoms with Crippen molar-refractivity contribution in [2.75, 3.05) is 13.1 Å². The largest absolute Gasteiger partial charge is 0.459 e. The molecule has 0 saturated carbocycles. The Morgan fingerprint density at radius 3 is 2.25 bits per heavy atom. The highest BCUT2D eigenvalue weighted by molar-refractivity contribution is 5.87. The van der Waals surface area contributed by atoms with Crippen LogP contribution in [-0.4, -0.2) is 53.1 Å². The fourth-order valence-corrected chi connectivity index (χ4v) is 3.85. The quantitative estimate of drug-likeness (QED) is 0.356. The number of nitrogens with one attached hydrogen (secondary N) is 1. The van der Waals surface area contributed by atoms with Gasteiger partial charge in [-0.05, 0) is 27.8 Å². The zero-order chi connectivity index (χ0) is 26.1. The average molecular weight is 492 g/mol. The van der Waals surface area contributed by atoms with Crippen LogP contribution in [-0.2, 0) is 27.4 Å². The molecule has 0 aliphatic rings. The summed E-state index contributed by atoms with van der Waals surface area (Å²) in [6.45, 7) is 3.81. The molecule has 0 aliphatic heterocycles. The number of benzene rings is 3. The van der Waals surface area contributed by atoms with Crippen LogP contribution in [0.2, 0.25) is 0 Å². The molecule has 0 aliphatic carbocycles. The summed E-state index contributed by atoms with van der Waals surface area (Å²) in [4.78, 5) is 38.9. The van der Waals surface area contributed by atoms with Gasteiger partial charge in [-0.15, -0.1) is 0 Å². The van der Waals surface area contributed by atoms with E-state index in [9.17, 15) is 19.5 Å². The van der Waals surface area contributed by atoms with E-state index >= 15 is 0 Å². The standard InChI is InChI=1S/C28H33N3O5/c1-19(2)16-31(17-25(32)27(34)36-18-20-8-4-3-5-9-20)28(35)30-24(26(29)33)15-21-12-13-22-10-6-7-11-23(22)14-21/h3-14,19,24-25,32H,15-18H2,1-2H3,(H2,29,33)(H,30,35)/t24-,25?/m0/s1. The summed E-state index contributed by atoms with van der Waals surface area (Å²) in [6, 6.07) is 21.2. The molecular formula is C28H33N3O5. The second kappa shape index (κ2) is 12.7. The van der Waals surface area contributed by atoms with Gasteiger partial charge in [0.25, 0.3) is 0 Å². The molecule has 3 aromatic carbocycles. The topological polar surface area (TPSA) is 122 Å². The molecule has 0 bridgehead atoms. The second-order valence-electron chi connectivity index (χ2n) is 9.20. The van der Waals surface area contributed by atoms with Gasteiger partial charge in [-0.1, -0.05) is 86.6 Å². The lowest BCUT2D eigenvalue weighted by Gasteiger charge is -2.28. The van der Waals surface area contributed by atoms with E-state index in [1.807, 2.05) is 74.5 Å². The summed E-state index contributed by atoms with van der Waals surface area (Å²) in [6.07, 6.45) is -1.32. The Labute approximate surface area is 211 Å². The van der Waals surface area contributed by atoms with E-state index in [0.717, 1.165) is 21.9 Å². The van der Waals surface area contributed by atoms with Crippen molar-refractivity contribution in [3.63, 3.8) is 0 Å². The van der Waals surface area contributed by atoms with Crippen molar-refractivity contribution in [1.29, 1.82) is 0 Å². The molecule has 8 nitrogen and oxygen atoms in total. The predicted molar refractivity (Wildman–Crippen MR) is 138 cm³/mol. The predicted octanol–water partition coefficient (Wildman–Crippen LogP) is 3.01. The minimum absolute atomic E-state index is 0.0165. The summed E-state index contributed by atoms with van der Waals surface area (Å²) in [5.41, 5.74) is 7.23. The number of fused-ring (bicyclic) bond motifs is 1. The molecule has 0 spiro atoms. The Hall–Kier alpha value is -3.91. The fraction of sp³-hybridized carbons (Fsp3) is 0.321. The van der Waals surface area contributed by atoms with Crippen molar-refractivity contribution in [3.05, 3.63) is 83.9 Å². The van der Waals surface area contributed by atoms with Gasteiger partial charge < -0.3 is 25.8 Å². The number of amides is 3. The summed E-state index contributed by atoms with van der Waals surface area (Å²) < 4.78 is 5.19. The van der Waals surface area contributed by atoms with Crippen molar-refractivity contribution in [1.82, 2.24) is 10.2 Å². The zero-order valence-corrected chi connectivity index (χ0v) is 20.6. The van der Waals surface area contributed by atoms with E-state index in [-0.39, 0.29) is 32.0 Å². The number of nitrogens with two attached hydrogens (primary N) is 1. The number of nitrogens with zero attached hydrogens (tertiary/aromatic N) is 1. The molecular weight excluding hydrogens is 458 g/mol. The zero-order valence-electron chi connectivity index (χ0n) is 20.6. The minimum Gasteiger partial charge on any atom is -0.459 e. The normalized spacial score (nSPS) is 12.7. The first-order valence-electron chi connectivity index (χ1n) is 11.9. The lowest BCUT2D eigenvalue weighted by molar-refractivity contribution is -0.155. The van der Waals surface area contributed by atoms with Gasteiger partial charge in [0, 0.05) is 13.0 Å². The van der Waals surface area contributed by atoms with E-state index in [2.05, 4.69) is 5.32 Å². The molecule has 36 heavy (non-hydrogen) atoms. The maximum atomic E-state index is 13.1. The van der Waals surface area contributed by atoms with Crippen molar-refractivity contribution >= 4 is 28.7 Å². The maximum Gasteiger partial charge on any atom is 0.337 e. The highest BCUT2D eigenvalue weighted by Crippen LogP contribution is 2.17. The molecule has 0 radical (unpaired) electrons. The van der Waals surface area contributed by atoms with E-state index in [4.69, 9.17) is 10.5 Å². The van der Waals surface area contributed by atoms with Gasteiger partial charge in [0.05, 0.1) is 6.54 Å². The van der Waals surface area contributed by atoms with Gasteiger partial charge in [-0.3, -0.25) is 4.79 Å². The van der Waals surface area contributed by atoms with Crippen LogP contribution < -0.4 is 11.1 Å². The van der Waals surface area contributed by atoms with Gasteiger partial charge in [0.1, 0.15) is 12.6 Å². The van der Waals surface area contributed by atoms with Crippen LogP contribution in [0, 0.1) is 5.92 Å². The molecule has 3 aromatic rings. The van der Waals surface area contributed by atoms with Crippen molar-refractivity contribution < 1.29 is 24.2 Å². The lowest BCUT2D eigenvalue weighted by Crippen LogP contribution is -2.53. The highest BCUT2D eigenvalue weighted by Gasteiger charge is 2.27. The minimum atomic E-state index is -1.54. The van der Waals surface area contributed by atoms with Gasteiger partial charge in [-0.25, -0.2) is 9.59 Å². The SMILES string of the molecule is CC(C)CN(CC(O)C(=O)OCc1ccccc1)C(=O)N[C@@H](Cc1ccc2ccccc2c1)C(N)=O. The first kappa shape index (κ1) is 26.7. The monoisotopic (exact) mass is 491 g/mol. The van der Waals surface area contributed by atoms with Gasteiger partial charge in [0.15, 0.2) is 6.10 Å². The molecule has 1 unspecified atom stereocenters. The van der Waals surface area contributed by atoms with Crippen LogP contribution in [0.5, 0.6) is 0 Å². The van der Waals surface area contributed by atoms with Crippen LogP contribution in [0.3, 0.4) is 0 Å². The molecule has 0 fully saturated rings. The number of hydrogen-bond acceptors (Lipinski definition) is 5. The highest BCUT2D eigenvalue weighted by atomic mass is 16.5. The first-order chi connectivity index (χ1) is 17.2. The molecule has 8 heteroatoms. The number of urea groups is 1. The van der Waals surface area contributed by atoms with E-state index < -0.39 is 30.1 Å².